The Kier molecular flexibility index (Phi) is 4.42. The maximum Gasteiger partial charge on any atom is 0.229 e. The van der Waals surface area contributed by atoms with E-state index in [-0.39, 0.29) is 43.5 Å². The Bertz CT molecular complexity index is 728. The van der Waals surface area contributed by atoms with Crippen molar-refractivity contribution < 1.29 is 14.4 Å². The van der Waals surface area contributed by atoms with Crippen molar-refractivity contribution in [3.05, 3.63) is 30.3 Å². The van der Waals surface area contributed by atoms with Crippen molar-refractivity contribution in [1.82, 2.24) is 15.1 Å². The second-order valence-corrected chi connectivity index (χ2v) is 5.99. The highest BCUT2D eigenvalue weighted by Gasteiger charge is 2.28. The highest BCUT2D eigenvalue weighted by molar-refractivity contribution is 7.18. The highest BCUT2D eigenvalue weighted by Crippen LogP contribution is 2.25. The first-order valence-corrected chi connectivity index (χ1v) is 7.97. The fourth-order valence-corrected chi connectivity index (χ4v) is 3.00. The number of aromatic nitrogens is 2. The van der Waals surface area contributed by atoms with Gasteiger partial charge in [0, 0.05) is 31.4 Å². The number of likely N-dealkylation sites (tertiary alicyclic amines) is 1. The monoisotopic (exact) mass is 330 g/mol. The highest BCUT2D eigenvalue weighted by atomic mass is 32.1. The van der Waals surface area contributed by atoms with Crippen molar-refractivity contribution in [1.29, 1.82) is 0 Å². The van der Waals surface area contributed by atoms with Gasteiger partial charge in [0.15, 0.2) is 0 Å². The van der Waals surface area contributed by atoms with Gasteiger partial charge >= 0.3 is 0 Å². The summed E-state index contributed by atoms with van der Waals surface area (Å²) in [4.78, 5) is 36.0. The minimum atomic E-state index is -0.298. The minimum Gasteiger partial charge on any atom is -0.300 e. The molecule has 0 bridgehead atoms. The molecule has 3 amide bonds. The van der Waals surface area contributed by atoms with Crippen molar-refractivity contribution in [2.24, 2.45) is 0 Å². The molecule has 1 aliphatic rings. The molecule has 23 heavy (non-hydrogen) atoms. The number of nitrogens with one attached hydrogen (secondary N) is 1. The van der Waals surface area contributed by atoms with Crippen LogP contribution in [-0.4, -0.2) is 39.4 Å². The molecule has 1 fully saturated rings. The number of carbonyl (C=O) groups excluding carboxylic acids is 3. The van der Waals surface area contributed by atoms with Crippen LogP contribution in [0.2, 0.25) is 0 Å². The molecule has 0 spiro atoms. The van der Waals surface area contributed by atoms with E-state index in [9.17, 15) is 14.4 Å². The number of benzene rings is 1. The molecule has 0 aliphatic carbocycles. The third-order valence-electron chi connectivity index (χ3n) is 3.41. The van der Waals surface area contributed by atoms with E-state index < -0.39 is 0 Å². The van der Waals surface area contributed by atoms with Gasteiger partial charge in [-0.15, -0.1) is 10.2 Å². The number of amides is 3. The predicted molar refractivity (Wildman–Crippen MR) is 84.5 cm³/mol. The molecule has 7 nitrogen and oxygen atoms in total. The van der Waals surface area contributed by atoms with Crippen LogP contribution >= 0.6 is 11.3 Å². The maximum atomic E-state index is 11.9. The van der Waals surface area contributed by atoms with E-state index in [4.69, 9.17) is 0 Å². The van der Waals surface area contributed by atoms with Gasteiger partial charge in [-0.25, -0.2) is 0 Å². The first-order valence-electron chi connectivity index (χ1n) is 7.15. The average molecular weight is 330 g/mol. The molecule has 2 aromatic rings. The van der Waals surface area contributed by atoms with Crippen LogP contribution in [0.3, 0.4) is 0 Å². The minimum absolute atomic E-state index is 0.0533. The third kappa shape index (κ3) is 3.59. The van der Waals surface area contributed by atoms with E-state index in [1.165, 1.54) is 11.3 Å². The molecular formula is C15H14N4O3S. The zero-order valence-corrected chi connectivity index (χ0v) is 13.0. The van der Waals surface area contributed by atoms with Gasteiger partial charge < -0.3 is 5.32 Å². The molecule has 2 heterocycles. The summed E-state index contributed by atoms with van der Waals surface area (Å²) in [5.74, 6) is -0.733. The summed E-state index contributed by atoms with van der Waals surface area (Å²) < 4.78 is 0. The van der Waals surface area contributed by atoms with Crippen LogP contribution in [-0.2, 0) is 14.4 Å². The Morgan fingerprint density at radius 3 is 2.52 bits per heavy atom. The van der Waals surface area contributed by atoms with Gasteiger partial charge in [0.1, 0.15) is 5.01 Å². The van der Waals surface area contributed by atoms with E-state index in [1.54, 1.807) is 0 Å². The lowest BCUT2D eigenvalue weighted by Gasteiger charge is -2.12. The Morgan fingerprint density at radius 2 is 1.83 bits per heavy atom. The van der Waals surface area contributed by atoms with E-state index in [0.717, 1.165) is 10.5 Å². The number of carbonyl (C=O) groups is 3. The molecule has 1 N–H and O–H groups in total. The lowest BCUT2D eigenvalue weighted by atomic mass is 10.2. The third-order valence-corrected chi connectivity index (χ3v) is 4.30. The lowest BCUT2D eigenvalue weighted by Crippen LogP contribution is -2.32. The molecule has 8 heteroatoms. The quantitative estimate of drug-likeness (QED) is 0.842. The average Bonchev–Trinajstić information content (AvgIpc) is 3.14. The normalized spacial score (nSPS) is 14.3. The van der Waals surface area contributed by atoms with Crippen LogP contribution < -0.4 is 5.32 Å². The van der Waals surface area contributed by atoms with Crippen molar-refractivity contribution in [3.8, 4) is 10.6 Å². The van der Waals surface area contributed by atoms with Gasteiger partial charge in [-0.1, -0.05) is 41.7 Å². The van der Waals surface area contributed by atoms with Crippen LogP contribution in [0.25, 0.3) is 10.6 Å². The molecule has 1 aliphatic heterocycles. The zero-order valence-electron chi connectivity index (χ0n) is 12.2. The molecular weight excluding hydrogens is 316 g/mol. The number of rotatable bonds is 5. The van der Waals surface area contributed by atoms with Crippen molar-refractivity contribution >= 4 is 34.2 Å². The van der Waals surface area contributed by atoms with Crippen LogP contribution in [0.4, 0.5) is 5.13 Å². The lowest BCUT2D eigenvalue weighted by molar-refractivity contribution is -0.138. The van der Waals surface area contributed by atoms with Gasteiger partial charge in [0.2, 0.25) is 22.9 Å². The molecule has 1 aromatic heterocycles. The molecule has 3 rings (SSSR count). The predicted octanol–water partition coefficient (Wildman–Crippen LogP) is 1.68. The van der Waals surface area contributed by atoms with E-state index in [1.807, 2.05) is 30.3 Å². The van der Waals surface area contributed by atoms with Crippen molar-refractivity contribution in [2.45, 2.75) is 19.3 Å². The molecule has 1 saturated heterocycles. The Morgan fingerprint density at radius 1 is 1.13 bits per heavy atom. The van der Waals surface area contributed by atoms with Crippen molar-refractivity contribution in [3.63, 3.8) is 0 Å². The molecule has 118 valence electrons. The summed E-state index contributed by atoms with van der Waals surface area (Å²) in [5, 5.41) is 11.7. The summed E-state index contributed by atoms with van der Waals surface area (Å²) in [6, 6.07) is 9.54. The van der Waals surface area contributed by atoms with Crippen LogP contribution in [0.1, 0.15) is 19.3 Å². The van der Waals surface area contributed by atoms with E-state index >= 15 is 0 Å². The summed E-state index contributed by atoms with van der Waals surface area (Å²) >= 11 is 1.27. The fourth-order valence-electron chi connectivity index (χ4n) is 2.24. The SMILES string of the molecule is O=C(CCN1C(=O)CCC1=O)Nc1nnc(-c2ccccc2)s1. The van der Waals surface area contributed by atoms with E-state index in [0.29, 0.717) is 10.1 Å². The first-order chi connectivity index (χ1) is 11.1. The zero-order chi connectivity index (χ0) is 16.2. The van der Waals surface area contributed by atoms with Crippen LogP contribution in [0.5, 0.6) is 0 Å². The summed E-state index contributed by atoms with van der Waals surface area (Å²) in [6.45, 7) is 0.105. The fraction of sp³-hybridized carbons (Fsp3) is 0.267. The van der Waals surface area contributed by atoms with Crippen LogP contribution in [0.15, 0.2) is 30.3 Å². The maximum absolute atomic E-state index is 11.9. The molecule has 1 aromatic carbocycles. The number of anilines is 1. The van der Waals surface area contributed by atoms with Crippen LogP contribution in [0, 0.1) is 0 Å². The number of imide groups is 1. The number of hydrogen-bond donors (Lipinski definition) is 1. The van der Waals surface area contributed by atoms with Gasteiger partial charge in [0.25, 0.3) is 0 Å². The molecule has 0 atom stereocenters. The smallest absolute Gasteiger partial charge is 0.229 e. The second-order valence-electron chi connectivity index (χ2n) is 5.02. The van der Waals surface area contributed by atoms with Crippen molar-refractivity contribution in [2.75, 3.05) is 11.9 Å². The van der Waals surface area contributed by atoms with Gasteiger partial charge in [0.05, 0.1) is 0 Å². The standard InChI is InChI=1S/C15H14N4O3S/c20-11(8-9-19-12(21)6-7-13(19)22)16-15-18-17-14(23-15)10-4-2-1-3-5-10/h1-5H,6-9H2,(H,16,18,20). The Balaban J connectivity index is 1.55. The first kappa shape index (κ1) is 15.3. The molecule has 0 unspecified atom stereocenters. The Hall–Kier alpha value is -2.61. The van der Waals surface area contributed by atoms with Gasteiger partial charge in [-0.2, -0.15) is 0 Å². The Labute approximate surface area is 136 Å². The summed E-state index contributed by atoms with van der Waals surface area (Å²) in [7, 11) is 0. The molecule has 0 radical (unpaired) electrons. The van der Waals surface area contributed by atoms with Gasteiger partial charge in [-0.3, -0.25) is 19.3 Å². The molecule has 0 saturated carbocycles. The number of nitrogens with zero attached hydrogens (tertiary/aromatic N) is 3. The summed E-state index contributed by atoms with van der Waals surface area (Å²) in [5.41, 5.74) is 0.929. The topological polar surface area (TPSA) is 92.3 Å². The largest absolute Gasteiger partial charge is 0.300 e. The van der Waals surface area contributed by atoms with E-state index in [2.05, 4.69) is 15.5 Å². The second kappa shape index (κ2) is 6.66. The van der Waals surface area contributed by atoms with Gasteiger partial charge in [-0.05, 0) is 0 Å². The summed E-state index contributed by atoms with van der Waals surface area (Å²) in [6.07, 6.45) is 0.520. The number of hydrogen-bond acceptors (Lipinski definition) is 6.